The molecule has 0 radical (unpaired) electrons. The van der Waals surface area contributed by atoms with Crippen LogP contribution in [0.5, 0.6) is 0 Å². The first-order valence-corrected chi connectivity index (χ1v) is 8.49. The molecule has 1 fully saturated rings. The van der Waals surface area contributed by atoms with Crippen LogP contribution in [0.1, 0.15) is 23.7 Å². The first kappa shape index (κ1) is 15.7. The summed E-state index contributed by atoms with van der Waals surface area (Å²) in [5.74, 6) is -0.175. The smallest absolute Gasteiger partial charge is 0.342 e. The Morgan fingerprint density at radius 1 is 1.52 bits per heavy atom. The second kappa shape index (κ2) is 6.54. The quantitative estimate of drug-likeness (QED) is 0.787. The molecule has 0 N–H and O–H groups in total. The minimum absolute atomic E-state index is 0.0771. The molecule has 0 bridgehead atoms. The van der Waals surface area contributed by atoms with Crippen LogP contribution >= 0.6 is 11.3 Å². The lowest BCUT2D eigenvalue weighted by Gasteiger charge is -2.13. The molecule has 2 aromatic rings. The van der Waals surface area contributed by atoms with Crippen molar-refractivity contribution in [2.45, 2.75) is 13.3 Å². The van der Waals surface area contributed by atoms with E-state index < -0.39 is 0 Å². The minimum atomic E-state index is -0.385. The molecule has 0 aliphatic carbocycles. The van der Waals surface area contributed by atoms with Crippen molar-refractivity contribution in [1.82, 2.24) is 14.7 Å². The molecular weight excluding hydrogens is 314 g/mol. The zero-order chi connectivity index (χ0) is 16.4. The van der Waals surface area contributed by atoms with Crippen LogP contribution < -0.4 is 0 Å². The number of carbonyl (C=O) groups excluding carboxylic acids is 2. The average molecular weight is 333 g/mol. The van der Waals surface area contributed by atoms with Crippen LogP contribution in [0.15, 0.2) is 23.7 Å². The van der Waals surface area contributed by atoms with E-state index in [1.165, 1.54) is 11.3 Å². The number of hydrogen-bond donors (Lipinski definition) is 0. The van der Waals surface area contributed by atoms with Gasteiger partial charge in [0.25, 0.3) is 0 Å². The summed E-state index contributed by atoms with van der Waals surface area (Å²) in [5.41, 5.74) is 1.11. The largest absolute Gasteiger partial charge is 0.462 e. The van der Waals surface area contributed by atoms with E-state index in [9.17, 15) is 9.59 Å². The number of aromatic nitrogens is 2. The summed E-state index contributed by atoms with van der Waals surface area (Å²) in [6.45, 7) is 3.58. The van der Waals surface area contributed by atoms with Crippen LogP contribution in [0.2, 0.25) is 0 Å². The molecule has 0 spiro atoms. The summed E-state index contributed by atoms with van der Waals surface area (Å²) in [6, 6.07) is 3.85. The topological polar surface area (TPSA) is 64.4 Å². The van der Waals surface area contributed by atoms with Crippen LogP contribution in [0.25, 0.3) is 10.6 Å². The number of likely N-dealkylation sites (tertiary alicyclic amines) is 1. The number of thiophene rings is 1. The lowest BCUT2D eigenvalue weighted by Crippen LogP contribution is -2.25. The van der Waals surface area contributed by atoms with Crippen molar-refractivity contribution in [2.75, 3.05) is 19.7 Å². The van der Waals surface area contributed by atoms with Gasteiger partial charge in [0.2, 0.25) is 5.91 Å². The van der Waals surface area contributed by atoms with Gasteiger partial charge in [-0.05, 0) is 18.4 Å². The van der Waals surface area contributed by atoms with Gasteiger partial charge in [-0.25, -0.2) is 4.79 Å². The molecular formula is C16H19N3O3S. The number of amides is 1. The second-order valence-corrected chi connectivity index (χ2v) is 6.59. The number of nitrogens with zero attached hydrogens (tertiary/aromatic N) is 3. The zero-order valence-corrected chi connectivity index (χ0v) is 14.0. The Kier molecular flexibility index (Phi) is 4.47. The van der Waals surface area contributed by atoms with Crippen molar-refractivity contribution >= 4 is 23.2 Å². The van der Waals surface area contributed by atoms with Crippen LogP contribution in [-0.2, 0) is 16.6 Å². The molecule has 122 valence electrons. The Balaban J connectivity index is 1.67. The predicted octanol–water partition coefficient (Wildman–Crippen LogP) is 2.17. The molecule has 0 saturated carbocycles. The number of esters is 1. The number of hydrogen-bond acceptors (Lipinski definition) is 5. The SMILES string of the molecule is CCN1CC(COC(=O)c2cn(C)nc2-c2cccs2)CC1=O. The van der Waals surface area contributed by atoms with E-state index in [1.807, 2.05) is 24.4 Å². The van der Waals surface area contributed by atoms with E-state index in [1.54, 1.807) is 22.8 Å². The third-order valence-electron chi connectivity index (χ3n) is 3.93. The van der Waals surface area contributed by atoms with Crippen LogP contribution in [-0.4, -0.2) is 46.3 Å². The lowest BCUT2D eigenvalue weighted by molar-refractivity contribution is -0.127. The van der Waals surface area contributed by atoms with E-state index in [0.29, 0.717) is 30.8 Å². The summed E-state index contributed by atoms with van der Waals surface area (Å²) in [5, 5.41) is 6.30. The highest BCUT2D eigenvalue weighted by molar-refractivity contribution is 7.13. The van der Waals surface area contributed by atoms with Crippen molar-refractivity contribution in [2.24, 2.45) is 13.0 Å². The maximum Gasteiger partial charge on any atom is 0.342 e. The highest BCUT2D eigenvalue weighted by Gasteiger charge is 2.30. The predicted molar refractivity (Wildman–Crippen MR) is 87.2 cm³/mol. The van der Waals surface area contributed by atoms with Crippen LogP contribution in [0.4, 0.5) is 0 Å². The normalized spacial score (nSPS) is 17.7. The molecule has 1 saturated heterocycles. The Hall–Kier alpha value is -2.15. The Morgan fingerprint density at radius 3 is 3.00 bits per heavy atom. The molecule has 1 aliphatic rings. The Labute approximate surface area is 138 Å². The Bertz CT molecular complexity index is 708. The minimum Gasteiger partial charge on any atom is -0.462 e. The first-order valence-electron chi connectivity index (χ1n) is 7.61. The fourth-order valence-electron chi connectivity index (χ4n) is 2.78. The van der Waals surface area contributed by atoms with Gasteiger partial charge >= 0.3 is 5.97 Å². The van der Waals surface area contributed by atoms with Crippen molar-refractivity contribution < 1.29 is 14.3 Å². The van der Waals surface area contributed by atoms with Crippen molar-refractivity contribution in [1.29, 1.82) is 0 Å². The molecule has 3 heterocycles. The summed E-state index contributed by atoms with van der Waals surface area (Å²) < 4.78 is 7.05. The lowest BCUT2D eigenvalue weighted by atomic mass is 10.1. The molecule has 6 nitrogen and oxygen atoms in total. The molecule has 23 heavy (non-hydrogen) atoms. The van der Waals surface area contributed by atoms with Gasteiger partial charge in [0.1, 0.15) is 11.3 Å². The number of carbonyl (C=O) groups is 2. The monoisotopic (exact) mass is 333 g/mol. The van der Waals surface area contributed by atoms with E-state index >= 15 is 0 Å². The van der Waals surface area contributed by atoms with Crippen molar-refractivity contribution in [3.05, 3.63) is 29.3 Å². The van der Waals surface area contributed by atoms with Gasteiger partial charge in [0.15, 0.2) is 0 Å². The number of ether oxygens (including phenoxy) is 1. The van der Waals surface area contributed by atoms with Crippen LogP contribution in [0, 0.1) is 5.92 Å². The maximum atomic E-state index is 12.4. The van der Waals surface area contributed by atoms with Gasteiger partial charge in [-0.3, -0.25) is 9.48 Å². The fourth-order valence-corrected chi connectivity index (χ4v) is 3.50. The van der Waals surface area contributed by atoms with E-state index in [-0.39, 0.29) is 24.4 Å². The van der Waals surface area contributed by atoms with E-state index in [0.717, 1.165) is 4.88 Å². The van der Waals surface area contributed by atoms with Crippen molar-refractivity contribution in [3.63, 3.8) is 0 Å². The molecule has 1 aliphatic heterocycles. The van der Waals surface area contributed by atoms with Crippen LogP contribution in [0.3, 0.4) is 0 Å². The molecule has 0 aromatic carbocycles. The second-order valence-electron chi connectivity index (χ2n) is 5.64. The maximum absolute atomic E-state index is 12.4. The van der Waals surface area contributed by atoms with Gasteiger partial charge < -0.3 is 9.64 Å². The third kappa shape index (κ3) is 3.29. The summed E-state index contributed by atoms with van der Waals surface area (Å²) in [7, 11) is 1.78. The number of aryl methyl sites for hydroxylation is 1. The van der Waals surface area contributed by atoms with Gasteiger partial charge in [0, 0.05) is 38.7 Å². The van der Waals surface area contributed by atoms with Gasteiger partial charge in [-0.2, -0.15) is 5.10 Å². The summed E-state index contributed by atoms with van der Waals surface area (Å²) in [4.78, 5) is 26.8. The third-order valence-corrected chi connectivity index (χ3v) is 4.81. The average Bonchev–Trinajstić information content (AvgIpc) is 3.23. The highest BCUT2D eigenvalue weighted by Crippen LogP contribution is 2.27. The molecule has 2 aromatic heterocycles. The molecule has 1 atom stereocenters. The summed E-state index contributed by atoms with van der Waals surface area (Å²) in [6.07, 6.45) is 2.13. The standard InChI is InChI=1S/C16H19N3O3S/c1-3-19-8-11(7-14(19)20)10-22-16(21)12-9-18(2)17-15(12)13-5-4-6-23-13/h4-6,9,11H,3,7-8,10H2,1-2H3. The Morgan fingerprint density at radius 2 is 2.35 bits per heavy atom. The van der Waals surface area contributed by atoms with Gasteiger partial charge in [0.05, 0.1) is 11.5 Å². The fraction of sp³-hybridized carbons (Fsp3) is 0.438. The van der Waals surface area contributed by atoms with Gasteiger partial charge in [-0.1, -0.05) is 6.07 Å². The molecule has 1 amide bonds. The molecule has 3 rings (SSSR count). The highest BCUT2D eigenvalue weighted by atomic mass is 32.1. The first-order chi connectivity index (χ1) is 11.1. The van der Waals surface area contributed by atoms with E-state index in [2.05, 4.69) is 5.10 Å². The number of rotatable bonds is 5. The molecule has 1 unspecified atom stereocenters. The summed E-state index contributed by atoms with van der Waals surface area (Å²) >= 11 is 1.53. The molecule has 7 heteroatoms. The van der Waals surface area contributed by atoms with E-state index in [4.69, 9.17) is 4.74 Å². The zero-order valence-electron chi connectivity index (χ0n) is 13.2. The van der Waals surface area contributed by atoms with Crippen molar-refractivity contribution in [3.8, 4) is 10.6 Å². The van der Waals surface area contributed by atoms with Gasteiger partial charge in [-0.15, -0.1) is 11.3 Å².